The van der Waals surface area contributed by atoms with Crippen LogP contribution in [0.25, 0.3) is 0 Å². The average molecular weight is 179 g/mol. The Morgan fingerprint density at radius 1 is 1.62 bits per heavy atom. The molecule has 1 rings (SSSR count). The fourth-order valence-corrected chi connectivity index (χ4v) is 1.12. The molecule has 0 atom stereocenters. The highest BCUT2D eigenvalue weighted by molar-refractivity contribution is 5.25. The number of hydrogen-bond acceptors (Lipinski definition) is 2. The number of H-pyrrole nitrogens is 1. The van der Waals surface area contributed by atoms with E-state index in [9.17, 15) is 4.79 Å². The van der Waals surface area contributed by atoms with E-state index in [1.54, 1.807) is 13.2 Å². The topological polar surface area (TPSA) is 42.1 Å². The van der Waals surface area contributed by atoms with Gasteiger partial charge in [-0.25, -0.2) is 0 Å². The number of aryl methyl sites for hydroxylation is 1. The van der Waals surface area contributed by atoms with E-state index < -0.39 is 0 Å². The van der Waals surface area contributed by atoms with Crippen molar-refractivity contribution < 1.29 is 4.74 Å². The predicted octanol–water partition coefficient (Wildman–Crippen LogP) is 1.50. The molecule has 3 nitrogen and oxygen atoms in total. The van der Waals surface area contributed by atoms with Gasteiger partial charge >= 0.3 is 0 Å². The molecule has 0 bridgehead atoms. The molecule has 1 N–H and O–H groups in total. The van der Waals surface area contributed by atoms with Crippen LogP contribution in [-0.4, -0.2) is 12.1 Å². The Morgan fingerprint density at radius 3 is 3.00 bits per heavy atom. The second-order valence-electron chi connectivity index (χ2n) is 2.71. The maximum atomic E-state index is 10.9. The lowest BCUT2D eigenvalue weighted by atomic mass is 10.1. The van der Waals surface area contributed by atoms with Crippen LogP contribution >= 0.6 is 0 Å². The van der Waals surface area contributed by atoms with Gasteiger partial charge in [-0.1, -0.05) is 6.08 Å². The van der Waals surface area contributed by atoms with Gasteiger partial charge in [0.2, 0.25) is 0 Å². The van der Waals surface area contributed by atoms with Gasteiger partial charge in [-0.3, -0.25) is 9.78 Å². The van der Waals surface area contributed by atoms with Crippen LogP contribution < -0.4 is 10.3 Å². The lowest BCUT2D eigenvalue weighted by Gasteiger charge is -2.05. The number of ether oxygens (including phenoxy) is 1. The van der Waals surface area contributed by atoms with E-state index in [2.05, 4.69) is 11.6 Å². The Kier molecular flexibility index (Phi) is 3.31. The van der Waals surface area contributed by atoms with E-state index in [-0.39, 0.29) is 5.56 Å². The van der Waals surface area contributed by atoms with Gasteiger partial charge < -0.3 is 4.74 Å². The largest absolute Gasteiger partial charge is 0.482 e. The second kappa shape index (κ2) is 4.50. The first kappa shape index (κ1) is 9.58. The molecule has 70 valence electrons. The molecular weight excluding hydrogens is 166 g/mol. The maximum Gasteiger partial charge on any atom is 0.250 e. The maximum absolute atomic E-state index is 10.9. The molecule has 0 aliphatic rings. The summed E-state index contributed by atoms with van der Waals surface area (Å²) in [5.41, 5.74) is 0.862. The van der Waals surface area contributed by atoms with Gasteiger partial charge in [-0.15, -0.1) is 6.58 Å². The van der Waals surface area contributed by atoms with E-state index in [0.717, 1.165) is 18.4 Å². The monoisotopic (exact) mass is 179 g/mol. The molecule has 0 amide bonds. The number of aromatic nitrogens is 1. The minimum Gasteiger partial charge on any atom is -0.482 e. The Bertz CT molecular complexity index is 341. The molecule has 0 aromatic carbocycles. The molecular formula is C10H13NO2. The lowest BCUT2D eigenvalue weighted by Crippen LogP contribution is -2.07. The first-order valence-electron chi connectivity index (χ1n) is 4.15. The number of aromatic amines is 1. The smallest absolute Gasteiger partial charge is 0.250 e. The molecule has 0 saturated carbocycles. The van der Waals surface area contributed by atoms with Gasteiger partial charge in [-0.2, -0.15) is 0 Å². The van der Waals surface area contributed by atoms with Crippen LogP contribution in [0, 0.1) is 0 Å². The normalized spacial score (nSPS) is 9.62. The number of allylic oxidation sites excluding steroid dienone is 1. The van der Waals surface area contributed by atoms with Gasteiger partial charge in [0.25, 0.3) is 5.56 Å². The highest BCUT2D eigenvalue weighted by atomic mass is 16.5. The van der Waals surface area contributed by atoms with Crippen molar-refractivity contribution in [3.8, 4) is 5.88 Å². The third kappa shape index (κ3) is 2.47. The molecule has 0 spiro atoms. The van der Waals surface area contributed by atoms with Crippen LogP contribution in [0.3, 0.4) is 0 Å². The Hall–Kier alpha value is -1.51. The second-order valence-corrected chi connectivity index (χ2v) is 2.71. The van der Waals surface area contributed by atoms with Crippen molar-refractivity contribution in [2.45, 2.75) is 12.8 Å². The molecule has 0 fully saturated rings. The summed E-state index contributed by atoms with van der Waals surface area (Å²) in [6.07, 6.45) is 3.55. The van der Waals surface area contributed by atoms with Crippen LogP contribution in [0.1, 0.15) is 12.0 Å². The van der Waals surface area contributed by atoms with Crippen molar-refractivity contribution in [2.24, 2.45) is 0 Å². The predicted molar refractivity (Wildman–Crippen MR) is 52.1 cm³/mol. The van der Waals surface area contributed by atoms with Crippen molar-refractivity contribution in [1.29, 1.82) is 0 Å². The Labute approximate surface area is 77.1 Å². The van der Waals surface area contributed by atoms with E-state index in [4.69, 9.17) is 4.74 Å². The molecule has 0 unspecified atom stereocenters. The van der Waals surface area contributed by atoms with Crippen LogP contribution in [0.2, 0.25) is 0 Å². The van der Waals surface area contributed by atoms with Crippen LogP contribution in [0.5, 0.6) is 5.88 Å². The van der Waals surface area contributed by atoms with Crippen molar-refractivity contribution in [1.82, 2.24) is 4.98 Å². The highest BCUT2D eigenvalue weighted by Gasteiger charge is 2.01. The summed E-state index contributed by atoms with van der Waals surface area (Å²) < 4.78 is 5.03. The van der Waals surface area contributed by atoms with Gasteiger partial charge in [0.05, 0.1) is 7.11 Å². The number of hydrogen-bond donors (Lipinski definition) is 1. The minimum atomic E-state index is -0.140. The van der Waals surface area contributed by atoms with Crippen LogP contribution in [0.4, 0.5) is 0 Å². The molecule has 0 aliphatic carbocycles. The molecule has 0 aliphatic heterocycles. The third-order valence-electron chi connectivity index (χ3n) is 1.79. The summed E-state index contributed by atoms with van der Waals surface area (Å²) in [4.78, 5) is 13.5. The summed E-state index contributed by atoms with van der Waals surface area (Å²) >= 11 is 0. The zero-order chi connectivity index (χ0) is 9.68. The van der Waals surface area contributed by atoms with Crippen LogP contribution in [0.15, 0.2) is 29.6 Å². The zero-order valence-corrected chi connectivity index (χ0v) is 7.67. The quantitative estimate of drug-likeness (QED) is 0.712. The Balaban J connectivity index is 2.92. The van der Waals surface area contributed by atoms with Gasteiger partial charge in [0.1, 0.15) is 0 Å². The lowest BCUT2D eigenvalue weighted by molar-refractivity contribution is 0.391. The van der Waals surface area contributed by atoms with E-state index >= 15 is 0 Å². The summed E-state index contributed by atoms with van der Waals surface area (Å²) in [5.74, 6) is 0.550. The average Bonchev–Trinajstić information content (AvgIpc) is 2.16. The first-order valence-corrected chi connectivity index (χ1v) is 4.15. The minimum absolute atomic E-state index is 0.140. The highest BCUT2D eigenvalue weighted by Crippen LogP contribution is 2.13. The summed E-state index contributed by atoms with van der Waals surface area (Å²) in [7, 11) is 1.54. The number of rotatable bonds is 4. The molecule has 0 saturated heterocycles. The molecule has 0 radical (unpaired) electrons. The third-order valence-corrected chi connectivity index (χ3v) is 1.79. The summed E-state index contributed by atoms with van der Waals surface area (Å²) in [5, 5.41) is 0. The molecule has 13 heavy (non-hydrogen) atoms. The fraction of sp³-hybridized carbons (Fsp3) is 0.300. The zero-order valence-electron chi connectivity index (χ0n) is 7.67. The van der Waals surface area contributed by atoms with Gasteiger partial charge in [0.15, 0.2) is 5.88 Å². The molecule has 1 heterocycles. The molecule has 3 heteroatoms. The first-order chi connectivity index (χ1) is 6.27. The van der Waals surface area contributed by atoms with E-state index in [1.165, 1.54) is 6.07 Å². The molecule has 1 aromatic heterocycles. The number of methoxy groups -OCH3 is 1. The van der Waals surface area contributed by atoms with Crippen molar-refractivity contribution >= 4 is 0 Å². The van der Waals surface area contributed by atoms with Crippen molar-refractivity contribution in [3.63, 3.8) is 0 Å². The standard InChI is InChI=1S/C10H13NO2/c1-3-4-5-8-6-7-9(12)11-10(8)13-2/h3,6-7H,1,4-5H2,2H3,(H,11,12). The van der Waals surface area contributed by atoms with Gasteiger partial charge in [-0.05, 0) is 18.9 Å². The van der Waals surface area contributed by atoms with Gasteiger partial charge in [0, 0.05) is 11.6 Å². The van der Waals surface area contributed by atoms with E-state index in [0.29, 0.717) is 5.88 Å². The van der Waals surface area contributed by atoms with Crippen molar-refractivity contribution in [3.05, 3.63) is 40.7 Å². The number of pyridine rings is 1. The fourth-order valence-electron chi connectivity index (χ4n) is 1.12. The van der Waals surface area contributed by atoms with Crippen molar-refractivity contribution in [2.75, 3.05) is 7.11 Å². The SMILES string of the molecule is C=CCCc1ccc(=O)[nH]c1OC. The summed E-state index contributed by atoms with van der Waals surface area (Å²) in [6, 6.07) is 3.28. The Morgan fingerprint density at radius 2 is 2.38 bits per heavy atom. The van der Waals surface area contributed by atoms with Crippen LogP contribution in [-0.2, 0) is 6.42 Å². The van der Waals surface area contributed by atoms with E-state index in [1.807, 2.05) is 6.08 Å². The summed E-state index contributed by atoms with van der Waals surface area (Å²) in [6.45, 7) is 3.64. The molecule has 1 aromatic rings. The number of nitrogens with one attached hydrogen (secondary N) is 1.